The Hall–Kier alpha value is -5.90. The third-order valence-corrected chi connectivity index (χ3v) is 6.04. The van der Waals surface area contributed by atoms with Crippen LogP contribution in [0, 0.1) is 0 Å². The molecule has 2 amide bonds. The quantitative estimate of drug-likeness (QED) is 0.0807. The highest BCUT2D eigenvalue weighted by Crippen LogP contribution is 2.38. The molecule has 218 valence electrons. The molecule has 10 nitrogen and oxygen atoms in total. The molecule has 0 atom stereocenters. The molecule has 0 heterocycles. The summed E-state index contributed by atoms with van der Waals surface area (Å²) >= 11 is 0. The summed E-state index contributed by atoms with van der Waals surface area (Å²) in [7, 11) is 4.41. The van der Waals surface area contributed by atoms with Crippen LogP contribution >= 0.6 is 0 Å². The molecule has 0 unspecified atom stereocenters. The van der Waals surface area contributed by atoms with Gasteiger partial charge < -0.3 is 24.3 Å². The standard InChI is InChI=1S/C33H29N3O7/c1-40-28-19-25(20-29(41-2)31(28)42-3)32(38)35-26-16-14-23(15-17-26)33(39)36-34-21-24-11-7-8-12-27(24)43-30(37)18-13-22-9-5-4-6-10-22/h4-21H,1-3H3,(H,35,38)(H,36,39)/b18-13+,34-21-. The maximum atomic E-state index is 12.8. The highest BCUT2D eigenvalue weighted by Gasteiger charge is 2.17. The molecule has 0 saturated carbocycles. The Kier molecular flexibility index (Phi) is 10.2. The maximum absolute atomic E-state index is 12.8. The Morgan fingerprint density at radius 1 is 0.698 bits per heavy atom. The van der Waals surface area contributed by atoms with Gasteiger partial charge in [-0.3, -0.25) is 9.59 Å². The second kappa shape index (κ2) is 14.6. The molecule has 0 radical (unpaired) electrons. The Morgan fingerprint density at radius 3 is 2.00 bits per heavy atom. The summed E-state index contributed by atoms with van der Waals surface area (Å²) in [6, 6.07) is 25.5. The van der Waals surface area contributed by atoms with Crippen LogP contribution in [0.5, 0.6) is 23.0 Å². The predicted molar refractivity (Wildman–Crippen MR) is 163 cm³/mol. The number of para-hydroxylation sites is 1. The number of benzene rings is 4. The van der Waals surface area contributed by atoms with Gasteiger partial charge in [0.2, 0.25) is 5.75 Å². The molecule has 4 aromatic carbocycles. The van der Waals surface area contributed by atoms with Gasteiger partial charge in [0.15, 0.2) is 11.5 Å². The van der Waals surface area contributed by atoms with Gasteiger partial charge in [0.05, 0.1) is 27.5 Å². The number of ether oxygens (including phenoxy) is 4. The number of hydrogen-bond donors (Lipinski definition) is 2. The Balaban J connectivity index is 1.35. The van der Waals surface area contributed by atoms with Crippen molar-refractivity contribution in [3.05, 3.63) is 119 Å². The highest BCUT2D eigenvalue weighted by atomic mass is 16.5. The summed E-state index contributed by atoms with van der Waals surface area (Å²) in [5, 5.41) is 6.77. The van der Waals surface area contributed by atoms with Crippen molar-refractivity contribution < 1.29 is 33.3 Å². The van der Waals surface area contributed by atoms with E-state index >= 15 is 0 Å². The molecule has 0 aliphatic heterocycles. The summed E-state index contributed by atoms with van der Waals surface area (Å²) < 4.78 is 21.3. The number of nitrogens with zero attached hydrogens (tertiary/aromatic N) is 1. The van der Waals surface area contributed by atoms with Gasteiger partial charge in [0.1, 0.15) is 5.75 Å². The molecule has 4 rings (SSSR count). The summed E-state index contributed by atoms with van der Waals surface area (Å²) in [4.78, 5) is 37.8. The SMILES string of the molecule is COc1cc(C(=O)Nc2ccc(C(=O)N/N=C\c3ccccc3OC(=O)/C=C/c3ccccc3)cc2)cc(OC)c1OC. The van der Waals surface area contributed by atoms with E-state index in [0.29, 0.717) is 39.6 Å². The lowest BCUT2D eigenvalue weighted by Gasteiger charge is -2.14. The molecule has 2 N–H and O–H groups in total. The first-order valence-corrected chi connectivity index (χ1v) is 13.0. The largest absolute Gasteiger partial charge is 0.493 e. The van der Waals surface area contributed by atoms with Crippen LogP contribution in [0.15, 0.2) is 102 Å². The fourth-order valence-electron chi connectivity index (χ4n) is 3.90. The van der Waals surface area contributed by atoms with E-state index in [2.05, 4.69) is 15.8 Å². The number of nitrogens with one attached hydrogen (secondary N) is 2. The fourth-order valence-corrected chi connectivity index (χ4v) is 3.90. The summed E-state index contributed by atoms with van der Waals surface area (Å²) in [6.07, 6.45) is 4.37. The number of hydrazone groups is 1. The van der Waals surface area contributed by atoms with Crippen molar-refractivity contribution in [3.63, 3.8) is 0 Å². The summed E-state index contributed by atoms with van der Waals surface area (Å²) in [6.45, 7) is 0. The van der Waals surface area contributed by atoms with Crippen molar-refractivity contribution in [1.29, 1.82) is 0 Å². The minimum Gasteiger partial charge on any atom is -0.493 e. The lowest BCUT2D eigenvalue weighted by atomic mass is 10.1. The molecule has 4 aromatic rings. The van der Waals surface area contributed by atoms with Gasteiger partial charge in [0.25, 0.3) is 11.8 Å². The molecule has 10 heteroatoms. The van der Waals surface area contributed by atoms with Crippen LogP contribution in [-0.2, 0) is 4.79 Å². The van der Waals surface area contributed by atoms with Crippen LogP contribution in [0.3, 0.4) is 0 Å². The first-order valence-electron chi connectivity index (χ1n) is 13.0. The lowest BCUT2D eigenvalue weighted by Crippen LogP contribution is -2.18. The van der Waals surface area contributed by atoms with Gasteiger partial charge in [-0.15, -0.1) is 0 Å². The molecule has 0 bridgehead atoms. The van der Waals surface area contributed by atoms with Crippen LogP contribution in [0.2, 0.25) is 0 Å². The van der Waals surface area contributed by atoms with Crippen LogP contribution in [0.25, 0.3) is 6.08 Å². The average molecular weight is 580 g/mol. The van der Waals surface area contributed by atoms with Gasteiger partial charge in [-0.25, -0.2) is 10.2 Å². The number of methoxy groups -OCH3 is 3. The third kappa shape index (κ3) is 8.08. The minimum atomic E-state index is -0.550. The van der Waals surface area contributed by atoms with E-state index in [0.717, 1.165) is 5.56 Å². The summed E-state index contributed by atoms with van der Waals surface area (Å²) in [5.41, 5.74) is 4.88. The zero-order valence-corrected chi connectivity index (χ0v) is 23.7. The van der Waals surface area contributed by atoms with Crippen molar-refractivity contribution in [2.75, 3.05) is 26.6 Å². The number of carbonyl (C=O) groups is 3. The van der Waals surface area contributed by atoms with E-state index < -0.39 is 17.8 Å². The number of carbonyl (C=O) groups excluding carboxylic acids is 3. The third-order valence-electron chi connectivity index (χ3n) is 6.04. The van der Waals surface area contributed by atoms with E-state index in [9.17, 15) is 14.4 Å². The average Bonchev–Trinajstić information content (AvgIpc) is 3.04. The molecule has 0 aliphatic carbocycles. The van der Waals surface area contributed by atoms with Crippen LogP contribution in [0.4, 0.5) is 5.69 Å². The van der Waals surface area contributed by atoms with E-state index in [4.69, 9.17) is 18.9 Å². The van der Waals surface area contributed by atoms with Crippen molar-refractivity contribution in [2.45, 2.75) is 0 Å². The van der Waals surface area contributed by atoms with E-state index in [1.54, 1.807) is 54.6 Å². The number of esters is 1. The Bertz CT molecular complexity index is 1620. The molecule has 43 heavy (non-hydrogen) atoms. The first-order chi connectivity index (χ1) is 20.9. The highest BCUT2D eigenvalue weighted by molar-refractivity contribution is 6.05. The van der Waals surface area contributed by atoms with Crippen molar-refractivity contribution in [2.24, 2.45) is 5.10 Å². The number of anilines is 1. The van der Waals surface area contributed by atoms with E-state index in [1.165, 1.54) is 45.8 Å². The molecule has 0 spiro atoms. The molecule has 0 aromatic heterocycles. The van der Waals surface area contributed by atoms with Gasteiger partial charge >= 0.3 is 5.97 Å². The van der Waals surface area contributed by atoms with Gasteiger partial charge in [-0.2, -0.15) is 5.10 Å². The van der Waals surface area contributed by atoms with Crippen LogP contribution < -0.4 is 29.7 Å². The van der Waals surface area contributed by atoms with Crippen molar-refractivity contribution in [1.82, 2.24) is 5.43 Å². The maximum Gasteiger partial charge on any atom is 0.336 e. The van der Waals surface area contributed by atoms with Crippen LogP contribution in [-0.4, -0.2) is 45.3 Å². The second-order valence-corrected chi connectivity index (χ2v) is 8.85. The second-order valence-electron chi connectivity index (χ2n) is 8.85. The monoisotopic (exact) mass is 579 g/mol. The van der Waals surface area contributed by atoms with Crippen LogP contribution in [0.1, 0.15) is 31.8 Å². The molecule has 0 saturated heterocycles. The zero-order chi connectivity index (χ0) is 30.6. The summed E-state index contributed by atoms with van der Waals surface area (Å²) in [5.74, 6) is -0.0721. The lowest BCUT2D eigenvalue weighted by molar-refractivity contribution is -0.128. The molecule has 0 fully saturated rings. The Morgan fingerprint density at radius 2 is 1.35 bits per heavy atom. The smallest absolute Gasteiger partial charge is 0.336 e. The fraction of sp³-hybridized carbons (Fsp3) is 0.0909. The van der Waals surface area contributed by atoms with Crippen molar-refractivity contribution in [3.8, 4) is 23.0 Å². The molecular weight excluding hydrogens is 550 g/mol. The topological polar surface area (TPSA) is 125 Å². The first kappa shape index (κ1) is 30.1. The van der Waals surface area contributed by atoms with Gasteiger partial charge in [-0.05, 0) is 60.2 Å². The predicted octanol–water partition coefficient (Wildman–Crippen LogP) is 5.35. The number of hydrogen-bond acceptors (Lipinski definition) is 8. The van der Waals surface area contributed by atoms with E-state index in [-0.39, 0.29) is 5.75 Å². The van der Waals surface area contributed by atoms with Gasteiger partial charge in [-0.1, -0.05) is 42.5 Å². The minimum absolute atomic E-state index is 0.287. The Labute approximate surface area is 248 Å². The number of amides is 2. The zero-order valence-electron chi connectivity index (χ0n) is 23.7. The van der Waals surface area contributed by atoms with Gasteiger partial charge in [0, 0.05) is 28.5 Å². The molecule has 0 aliphatic rings. The van der Waals surface area contributed by atoms with E-state index in [1.807, 2.05) is 30.3 Å². The molecular formula is C33H29N3O7. The van der Waals surface area contributed by atoms with Crippen molar-refractivity contribution >= 4 is 35.8 Å². The normalized spacial score (nSPS) is 10.8. The number of rotatable bonds is 11.